The van der Waals surface area contributed by atoms with Gasteiger partial charge in [0.2, 0.25) is 0 Å². The number of likely N-dealkylation sites (N-methyl/N-ethyl adjacent to an activating group) is 2. The number of carbonyl (C=O) groups is 12. The normalized spacial score (nSPS) is 16.3. The summed E-state index contributed by atoms with van der Waals surface area (Å²) in [4.78, 5) is 170. The summed E-state index contributed by atoms with van der Waals surface area (Å²) < 4.78 is 54.7. The smallest absolute Gasteiger partial charge is 0.276 e. The van der Waals surface area contributed by atoms with Gasteiger partial charge in [-0.15, -0.1) is 0 Å². The van der Waals surface area contributed by atoms with Gasteiger partial charge in [-0.25, -0.2) is 22.6 Å². The van der Waals surface area contributed by atoms with E-state index < -0.39 is 83.1 Å². The van der Waals surface area contributed by atoms with Gasteiger partial charge < -0.3 is 97.6 Å². The summed E-state index contributed by atoms with van der Waals surface area (Å²) >= 11 is 0. The lowest BCUT2D eigenvalue weighted by Gasteiger charge is -2.28. The van der Waals surface area contributed by atoms with Crippen LogP contribution in [0.2, 0.25) is 0 Å². The van der Waals surface area contributed by atoms with Crippen molar-refractivity contribution in [1.82, 2.24) is 61.0 Å². The fourth-order valence-electron chi connectivity index (χ4n) is 15.4. The van der Waals surface area contributed by atoms with Crippen LogP contribution in [0.15, 0.2) is 72.8 Å². The van der Waals surface area contributed by atoms with Crippen LogP contribution in [-0.4, -0.2) is 236 Å². The van der Waals surface area contributed by atoms with Crippen molar-refractivity contribution in [3.63, 3.8) is 0 Å². The molecular formula is C89H98F4N16O17. The number of carbonyl (C=O) groups excluding carboxylic acids is 12. The minimum atomic E-state index is -1.47. The SMILES string of the molecule is CON(C)C(=O)C(O)CNC(=O)c1c(C)[nH]c(/C=C2\C(=O)Nc3ccc(F)cc32)c1C.Cc1[nH]c(/C=C2\C(=O)Nc3ccc(F)cc32)c(C)c1C(=O)NCC(O)C(=O)N(C)C.Cc1[nH]c(/C=C2\C(=O)Nc3ccc(F)cc32)c(C)c1C(=O)NCC(O)C(=O)N1CCCC1.Cc1[nH]c(/C=C2\C(=O)Nc3ccc(F)cc32)c(C)c1C(=O)NCC(O)C(=O)N1CCCCC1. The highest BCUT2D eigenvalue weighted by Gasteiger charge is 2.35. The summed E-state index contributed by atoms with van der Waals surface area (Å²) in [5.41, 5.74) is 13.2. The summed E-state index contributed by atoms with van der Waals surface area (Å²) in [7, 11) is 5.65. The minimum absolute atomic E-state index is 0.191. The third kappa shape index (κ3) is 20.8. The van der Waals surface area contributed by atoms with E-state index in [1.165, 1.54) is 106 Å². The number of rotatable bonds is 21. The number of fused-ring (bicyclic) bond motifs is 4. The Morgan fingerprint density at radius 1 is 0.389 bits per heavy atom. The lowest BCUT2D eigenvalue weighted by atomic mass is 10.0. The molecule has 4 aromatic carbocycles. The van der Waals surface area contributed by atoms with Gasteiger partial charge in [-0.1, -0.05) is 0 Å². The first-order chi connectivity index (χ1) is 59.7. The number of aliphatic hydroxyl groups excluding tert-OH is 4. The quantitative estimate of drug-likeness (QED) is 0.0193. The van der Waals surface area contributed by atoms with Crippen molar-refractivity contribution in [3.8, 4) is 0 Å². The lowest BCUT2D eigenvalue weighted by Crippen LogP contribution is -2.46. The molecule has 33 nitrogen and oxygen atoms in total. The standard InChI is InChI=1S/C24H27FN4O4.C23H25FN4O4.C21H23FN4O5.C21H23FN4O4/c1-13-19(11-17-16-10-15(25)6-7-18(16)28-22(17)31)27-14(2)21(13)23(32)26-12-20(30)24(33)29-8-4-3-5-9-29;1-12-18(10-16-15-9-14(24)5-6-17(15)27-21(16)30)26-13(2)20(12)22(31)25-11-19(29)23(32)28-7-3-4-8-28;1-10-16(8-14-13-7-12(22)5-6-15(13)25-19(14)28)24-11(2)18(10)20(29)23-9-17(27)21(30)26(3)31-4;1-10-16(8-14-13-7-12(22)5-6-15(13)25-19(14)28)24-11(2)18(10)20(29)23-9-17(27)21(30)26(3)4/h6-7,10-11,20,27,30H,3-5,8-9,12H2,1-2H3,(H,26,32)(H,28,31);5-6,9-10,19,26,29H,3-4,7-8,11H2,1-2H3,(H,25,31)(H,27,30);5-8,17,24,27H,9H2,1-4H3,(H,23,29)(H,25,28);5-8,17,24,27H,9H2,1-4H3,(H,23,29)(H,25,28)/b17-11-;16-10-;2*14-8-. The molecule has 6 aliphatic heterocycles. The van der Waals surface area contributed by atoms with E-state index in [2.05, 4.69) is 62.5 Å². The third-order valence-electron chi connectivity index (χ3n) is 22.1. The van der Waals surface area contributed by atoms with Crippen molar-refractivity contribution in [2.75, 3.05) is 102 Å². The Labute approximate surface area is 720 Å². The number of H-pyrrole nitrogens is 4. The van der Waals surface area contributed by atoms with Crippen LogP contribution in [0.1, 0.15) is 164 Å². The van der Waals surface area contributed by atoms with E-state index in [0.29, 0.717) is 172 Å². The van der Waals surface area contributed by atoms with E-state index in [4.69, 9.17) is 4.84 Å². The van der Waals surface area contributed by atoms with Crippen LogP contribution in [0, 0.1) is 78.7 Å². The second-order valence-corrected chi connectivity index (χ2v) is 31.0. The second kappa shape index (κ2) is 39.7. The van der Waals surface area contributed by atoms with Crippen molar-refractivity contribution >= 4 is 140 Å². The summed E-state index contributed by atoms with van der Waals surface area (Å²) in [6.07, 6.45) is 5.63. The first kappa shape index (κ1) is 92.8. The summed E-state index contributed by atoms with van der Waals surface area (Å²) in [5, 5.41) is 62.1. The van der Waals surface area contributed by atoms with Gasteiger partial charge in [0.05, 0.1) is 77.8 Å². The van der Waals surface area contributed by atoms with Crippen LogP contribution < -0.4 is 42.5 Å². The van der Waals surface area contributed by atoms with E-state index in [1.54, 1.807) is 89.5 Å². The van der Waals surface area contributed by atoms with Gasteiger partial charge >= 0.3 is 0 Å². The molecule has 2 saturated heterocycles. The Bertz CT molecular complexity index is 5840. The average molecular weight is 1740 g/mol. The maximum absolute atomic E-state index is 13.7. The number of benzene rings is 4. The molecule has 37 heteroatoms. The predicted molar refractivity (Wildman–Crippen MR) is 461 cm³/mol. The van der Waals surface area contributed by atoms with Crippen LogP contribution >= 0.6 is 0 Å². The van der Waals surface area contributed by atoms with Gasteiger partial charge in [0.1, 0.15) is 41.6 Å². The topological polar surface area (TPSA) is 467 Å². The number of hydroxylamine groups is 2. The number of aryl methyl sites for hydroxylation is 4. The molecule has 0 radical (unpaired) electrons. The summed E-state index contributed by atoms with van der Waals surface area (Å²) in [6.45, 7) is 15.3. The van der Waals surface area contributed by atoms with E-state index in [-0.39, 0.29) is 72.8 Å². The average Bonchev–Trinajstić information content (AvgIpc) is 1.64. The minimum Gasteiger partial charge on any atom is -0.381 e. The van der Waals surface area contributed by atoms with Crippen LogP contribution in [0.5, 0.6) is 0 Å². The molecule has 126 heavy (non-hydrogen) atoms. The fraction of sp³-hybridized carbons (Fsp3) is 0.326. The Morgan fingerprint density at radius 2 is 0.627 bits per heavy atom. The molecule has 14 rings (SSSR count). The Balaban J connectivity index is 0.000000163. The number of piperidine rings is 1. The molecule has 0 spiro atoms. The van der Waals surface area contributed by atoms with Crippen molar-refractivity contribution < 1.29 is 100 Å². The molecule has 6 aliphatic rings. The van der Waals surface area contributed by atoms with E-state index in [0.717, 1.165) is 37.2 Å². The number of likely N-dealkylation sites (tertiary alicyclic amines) is 2. The number of aliphatic hydroxyl groups is 4. The van der Waals surface area contributed by atoms with Gasteiger partial charge in [0, 0.05) is 138 Å². The van der Waals surface area contributed by atoms with Crippen molar-refractivity contribution in [3.05, 3.63) is 208 Å². The highest BCUT2D eigenvalue weighted by molar-refractivity contribution is 6.37. The van der Waals surface area contributed by atoms with Gasteiger partial charge in [0.15, 0.2) is 6.10 Å². The van der Waals surface area contributed by atoms with E-state index >= 15 is 0 Å². The molecule has 4 atom stereocenters. The van der Waals surface area contributed by atoms with Crippen molar-refractivity contribution in [2.24, 2.45) is 0 Å². The van der Waals surface area contributed by atoms with E-state index in [1.807, 2.05) is 0 Å². The highest BCUT2D eigenvalue weighted by Crippen LogP contribution is 2.39. The maximum Gasteiger partial charge on any atom is 0.276 e. The molecule has 4 unspecified atom stereocenters. The van der Waals surface area contributed by atoms with Gasteiger partial charge in [-0.3, -0.25) is 62.4 Å². The number of anilines is 4. The lowest BCUT2D eigenvalue weighted by molar-refractivity contribution is -0.177. The molecule has 0 saturated carbocycles. The number of amides is 12. The molecule has 12 amide bonds. The van der Waals surface area contributed by atoms with Crippen molar-refractivity contribution in [1.29, 1.82) is 0 Å². The zero-order valence-corrected chi connectivity index (χ0v) is 71.1. The monoisotopic (exact) mass is 1740 g/mol. The predicted octanol–water partition coefficient (Wildman–Crippen LogP) is 7.16. The number of nitrogens with one attached hydrogen (secondary N) is 12. The van der Waals surface area contributed by atoms with Crippen LogP contribution in [0.4, 0.5) is 40.3 Å². The first-order valence-electron chi connectivity index (χ1n) is 40.3. The zero-order valence-electron chi connectivity index (χ0n) is 71.1. The molecule has 10 heterocycles. The number of aromatic amines is 4. The van der Waals surface area contributed by atoms with Crippen LogP contribution in [-0.2, 0) is 43.2 Å². The summed E-state index contributed by atoms with van der Waals surface area (Å²) in [5.74, 6) is -7.06. The van der Waals surface area contributed by atoms with E-state index in [9.17, 15) is 95.5 Å². The molecule has 4 aromatic heterocycles. The highest BCUT2D eigenvalue weighted by atomic mass is 19.1. The number of nitrogens with zero attached hydrogens (tertiary/aromatic N) is 4. The third-order valence-corrected chi connectivity index (χ3v) is 22.1. The zero-order chi connectivity index (χ0) is 91.7. The largest absolute Gasteiger partial charge is 0.381 e. The molecule has 8 aromatic rings. The van der Waals surface area contributed by atoms with Crippen LogP contribution in [0.3, 0.4) is 0 Å². The number of halogens is 4. The Morgan fingerprint density at radius 3 is 0.873 bits per heavy atom. The van der Waals surface area contributed by atoms with Gasteiger partial charge in [-0.2, -0.15) is 0 Å². The Kier molecular flexibility index (Phi) is 29.3. The molecule has 16 N–H and O–H groups in total. The molecule has 2 fully saturated rings. The van der Waals surface area contributed by atoms with Crippen molar-refractivity contribution in [2.45, 2.75) is 112 Å². The number of aromatic nitrogens is 4. The number of hydrogen-bond acceptors (Lipinski definition) is 17. The first-order valence-corrected chi connectivity index (χ1v) is 40.3. The summed E-state index contributed by atoms with van der Waals surface area (Å²) in [6, 6.07) is 16.2. The Hall–Kier alpha value is -13.9. The molecule has 664 valence electrons. The van der Waals surface area contributed by atoms with Crippen LogP contribution in [0.25, 0.3) is 46.6 Å². The second-order valence-electron chi connectivity index (χ2n) is 31.0. The number of hydrogen-bond donors (Lipinski definition) is 16. The fourth-order valence-corrected chi connectivity index (χ4v) is 15.4. The molecular weight excluding hydrogens is 1640 g/mol. The maximum atomic E-state index is 13.7. The van der Waals surface area contributed by atoms with Gasteiger partial charge in [0.25, 0.3) is 70.9 Å². The molecule has 0 aliphatic carbocycles. The van der Waals surface area contributed by atoms with Gasteiger partial charge in [-0.05, 0) is 207 Å². The molecule has 0 bridgehead atoms.